The van der Waals surface area contributed by atoms with Gasteiger partial charge in [0.15, 0.2) is 0 Å². The number of hydrogen-bond acceptors (Lipinski definition) is 7. The molecule has 0 amide bonds. The SMILES string of the molecule is Cc1cc2ccc(O[C@@H]3O[C@H](CO)[C@H](O)[C@H]3O)cc2oc1=O. The molecule has 118 valence electrons. The molecule has 7 nitrogen and oxygen atoms in total. The predicted molar refractivity (Wildman–Crippen MR) is 75.6 cm³/mol. The quantitative estimate of drug-likeness (QED) is 0.680. The summed E-state index contributed by atoms with van der Waals surface area (Å²) in [6.45, 7) is 1.23. The smallest absolute Gasteiger partial charge is 0.339 e. The molecule has 1 aromatic heterocycles. The molecule has 1 saturated heterocycles. The molecule has 1 aliphatic heterocycles. The highest BCUT2D eigenvalue weighted by molar-refractivity contribution is 5.78. The van der Waals surface area contributed by atoms with Gasteiger partial charge < -0.3 is 29.2 Å². The summed E-state index contributed by atoms with van der Waals surface area (Å²) in [5.41, 5.74) is 0.419. The number of hydrogen-bond donors (Lipinski definition) is 3. The molecule has 3 rings (SSSR count). The Morgan fingerprint density at radius 3 is 2.68 bits per heavy atom. The van der Waals surface area contributed by atoms with E-state index in [1.807, 2.05) is 0 Å². The first-order valence-corrected chi connectivity index (χ1v) is 6.83. The normalized spacial score (nSPS) is 28.2. The van der Waals surface area contributed by atoms with Gasteiger partial charge in [-0.25, -0.2) is 4.79 Å². The first-order chi connectivity index (χ1) is 10.5. The van der Waals surface area contributed by atoms with Crippen molar-refractivity contribution in [1.82, 2.24) is 0 Å². The van der Waals surface area contributed by atoms with Crippen molar-refractivity contribution in [3.05, 3.63) is 40.2 Å². The van der Waals surface area contributed by atoms with E-state index in [9.17, 15) is 15.0 Å². The van der Waals surface area contributed by atoms with E-state index in [0.29, 0.717) is 16.9 Å². The highest BCUT2D eigenvalue weighted by atomic mass is 16.7. The van der Waals surface area contributed by atoms with Crippen LogP contribution in [0.15, 0.2) is 33.5 Å². The van der Waals surface area contributed by atoms with E-state index in [0.717, 1.165) is 5.39 Å². The minimum absolute atomic E-state index is 0.314. The van der Waals surface area contributed by atoms with Crippen molar-refractivity contribution in [2.45, 2.75) is 31.5 Å². The third kappa shape index (κ3) is 2.59. The maximum absolute atomic E-state index is 11.5. The third-order valence-corrected chi connectivity index (χ3v) is 3.63. The molecule has 7 heteroatoms. The van der Waals surface area contributed by atoms with Crippen molar-refractivity contribution >= 4 is 11.0 Å². The number of aryl methyl sites for hydroxylation is 1. The number of fused-ring (bicyclic) bond motifs is 1. The van der Waals surface area contributed by atoms with E-state index in [2.05, 4.69) is 0 Å². The number of aliphatic hydroxyl groups excluding tert-OH is 3. The van der Waals surface area contributed by atoms with Gasteiger partial charge in [0.2, 0.25) is 6.29 Å². The Bertz CT molecular complexity index is 738. The van der Waals surface area contributed by atoms with Crippen molar-refractivity contribution in [3.8, 4) is 5.75 Å². The molecule has 0 saturated carbocycles. The van der Waals surface area contributed by atoms with Crippen molar-refractivity contribution in [2.75, 3.05) is 6.61 Å². The topological polar surface area (TPSA) is 109 Å². The summed E-state index contributed by atoms with van der Waals surface area (Å²) in [7, 11) is 0. The molecule has 0 spiro atoms. The average molecular weight is 308 g/mol. The minimum atomic E-state index is -1.28. The van der Waals surface area contributed by atoms with Crippen LogP contribution in [0.3, 0.4) is 0 Å². The lowest BCUT2D eigenvalue weighted by Crippen LogP contribution is -2.35. The summed E-state index contributed by atoms with van der Waals surface area (Å²) < 4.78 is 15.9. The number of rotatable bonds is 3. The fraction of sp³-hybridized carbons (Fsp3) is 0.400. The van der Waals surface area contributed by atoms with Crippen LogP contribution in [0.25, 0.3) is 11.0 Å². The largest absolute Gasteiger partial charge is 0.462 e. The monoisotopic (exact) mass is 308 g/mol. The van der Waals surface area contributed by atoms with Crippen LogP contribution in [-0.2, 0) is 4.74 Å². The molecule has 0 bridgehead atoms. The van der Waals surface area contributed by atoms with Crippen LogP contribution in [-0.4, -0.2) is 46.5 Å². The first-order valence-electron chi connectivity index (χ1n) is 6.83. The van der Waals surface area contributed by atoms with E-state index >= 15 is 0 Å². The Hall–Kier alpha value is -1.93. The molecule has 2 aromatic rings. The van der Waals surface area contributed by atoms with Crippen LogP contribution in [0.1, 0.15) is 5.56 Å². The minimum Gasteiger partial charge on any atom is -0.462 e. The van der Waals surface area contributed by atoms with Gasteiger partial charge in [0.25, 0.3) is 0 Å². The Morgan fingerprint density at radius 2 is 2.00 bits per heavy atom. The lowest BCUT2D eigenvalue weighted by Gasteiger charge is -2.16. The highest BCUT2D eigenvalue weighted by Crippen LogP contribution is 2.26. The molecule has 0 radical (unpaired) electrons. The van der Waals surface area contributed by atoms with Gasteiger partial charge in [0.1, 0.15) is 29.6 Å². The average Bonchev–Trinajstić information content (AvgIpc) is 2.76. The Balaban J connectivity index is 1.85. The maximum atomic E-state index is 11.5. The second-order valence-corrected chi connectivity index (χ2v) is 5.24. The summed E-state index contributed by atoms with van der Waals surface area (Å²) in [5.74, 6) is 0.314. The van der Waals surface area contributed by atoms with E-state index in [1.165, 1.54) is 6.07 Å². The third-order valence-electron chi connectivity index (χ3n) is 3.63. The molecule has 0 aliphatic carbocycles. The number of benzene rings is 1. The van der Waals surface area contributed by atoms with Crippen LogP contribution in [0.4, 0.5) is 0 Å². The maximum Gasteiger partial charge on any atom is 0.339 e. The Morgan fingerprint density at radius 1 is 1.23 bits per heavy atom. The number of ether oxygens (including phenoxy) is 2. The van der Waals surface area contributed by atoms with Gasteiger partial charge in [-0.2, -0.15) is 0 Å². The van der Waals surface area contributed by atoms with Crippen LogP contribution >= 0.6 is 0 Å². The first kappa shape index (κ1) is 15.0. The zero-order valence-electron chi connectivity index (χ0n) is 11.8. The molecular weight excluding hydrogens is 292 g/mol. The van der Waals surface area contributed by atoms with Gasteiger partial charge in [-0.15, -0.1) is 0 Å². The zero-order valence-corrected chi connectivity index (χ0v) is 11.8. The fourth-order valence-electron chi connectivity index (χ4n) is 2.37. The van der Waals surface area contributed by atoms with E-state index in [1.54, 1.807) is 25.1 Å². The zero-order chi connectivity index (χ0) is 15.9. The van der Waals surface area contributed by atoms with Crippen molar-refractivity contribution in [3.63, 3.8) is 0 Å². The number of aliphatic hydroxyl groups is 3. The molecule has 3 N–H and O–H groups in total. The predicted octanol–water partition coefficient (Wildman–Crippen LogP) is -0.0808. The van der Waals surface area contributed by atoms with Gasteiger partial charge in [-0.3, -0.25) is 0 Å². The van der Waals surface area contributed by atoms with E-state index < -0.39 is 36.8 Å². The fourth-order valence-corrected chi connectivity index (χ4v) is 2.37. The lowest BCUT2D eigenvalue weighted by atomic mass is 10.1. The van der Waals surface area contributed by atoms with Crippen molar-refractivity contribution in [2.24, 2.45) is 0 Å². The summed E-state index contributed by atoms with van der Waals surface area (Å²) in [4.78, 5) is 11.5. The van der Waals surface area contributed by atoms with Crippen LogP contribution in [0.5, 0.6) is 5.75 Å². The van der Waals surface area contributed by atoms with Crippen LogP contribution < -0.4 is 10.4 Å². The van der Waals surface area contributed by atoms with Crippen LogP contribution in [0.2, 0.25) is 0 Å². The van der Waals surface area contributed by atoms with Crippen LogP contribution in [0, 0.1) is 6.92 Å². The summed E-state index contributed by atoms with van der Waals surface area (Å²) in [6, 6.07) is 6.56. The van der Waals surface area contributed by atoms with Gasteiger partial charge in [0.05, 0.1) is 6.61 Å². The van der Waals surface area contributed by atoms with Gasteiger partial charge in [-0.1, -0.05) is 0 Å². The molecule has 2 heterocycles. The lowest BCUT2D eigenvalue weighted by molar-refractivity contribution is -0.116. The molecular formula is C15H16O7. The highest BCUT2D eigenvalue weighted by Gasteiger charge is 2.43. The molecule has 0 unspecified atom stereocenters. The van der Waals surface area contributed by atoms with Crippen molar-refractivity contribution in [1.29, 1.82) is 0 Å². The van der Waals surface area contributed by atoms with E-state index in [-0.39, 0.29) is 0 Å². The summed E-state index contributed by atoms with van der Waals surface area (Å²) >= 11 is 0. The Labute approximate surface area is 125 Å². The molecule has 1 fully saturated rings. The van der Waals surface area contributed by atoms with Gasteiger partial charge in [-0.05, 0) is 25.1 Å². The molecule has 22 heavy (non-hydrogen) atoms. The van der Waals surface area contributed by atoms with Crippen molar-refractivity contribution < 1.29 is 29.2 Å². The Kier molecular flexibility index (Phi) is 3.88. The molecule has 4 atom stereocenters. The summed E-state index contributed by atoms with van der Waals surface area (Å²) in [5, 5.41) is 29.3. The molecule has 1 aliphatic rings. The van der Waals surface area contributed by atoms with Gasteiger partial charge >= 0.3 is 5.63 Å². The second kappa shape index (κ2) is 5.69. The van der Waals surface area contributed by atoms with E-state index in [4.69, 9.17) is 19.0 Å². The molecule has 1 aromatic carbocycles. The second-order valence-electron chi connectivity index (χ2n) is 5.24. The standard InChI is InChI=1S/C15H16O7/c1-7-4-8-2-3-9(5-10(8)21-14(7)19)20-15-13(18)12(17)11(6-16)22-15/h2-5,11-13,15-18H,6H2,1H3/t11-,12+,13-,15-/m1/s1. The summed E-state index contributed by atoms with van der Waals surface area (Å²) in [6.07, 6.45) is -4.52. The van der Waals surface area contributed by atoms with Gasteiger partial charge in [0, 0.05) is 17.0 Å².